The maximum atomic E-state index is 12.6. The Labute approximate surface area is 153 Å². The number of hydrogen-bond donors (Lipinski definition) is 4. The highest BCUT2D eigenvalue weighted by atomic mass is 16.4. The van der Waals surface area contributed by atoms with Gasteiger partial charge in [0.25, 0.3) is 0 Å². The van der Waals surface area contributed by atoms with E-state index in [1.54, 1.807) is 0 Å². The number of carbonyl (C=O) groups is 3. The maximum absolute atomic E-state index is 12.6. The summed E-state index contributed by atoms with van der Waals surface area (Å²) >= 11 is 0. The summed E-state index contributed by atoms with van der Waals surface area (Å²) in [7, 11) is 0. The molecule has 7 heteroatoms. The number of amides is 2. The summed E-state index contributed by atoms with van der Waals surface area (Å²) in [6, 6.07) is 7.01. The molecule has 0 unspecified atom stereocenters. The quantitative estimate of drug-likeness (QED) is 0.545. The van der Waals surface area contributed by atoms with Crippen molar-refractivity contribution in [2.24, 2.45) is 5.92 Å². The molecule has 0 aliphatic carbocycles. The molecule has 26 heavy (non-hydrogen) atoms. The molecule has 3 atom stereocenters. The number of carboxylic acid groups (broad SMARTS) is 1. The Kier molecular flexibility index (Phi) is 7.15. The van der Waals surface area contributed by atoms with Crippen LogP contribution in [0.1, 0.15) is 32.3 Å². The number of rotatable bonds is 8. The molecule has 0 saturated carbocycles. The second kappa shape index (κ2) is 9.33. The number of aliphatic carboxylic acids is 1. The van der Waals surface area contributed by atoms with Gasteiger partial charge in [0.1, 0.15) is 12.1 Å². The summed E-state index contributed by atoms with van der Waals surface area (Å²) in [6.07, 6.45) is 1.85. The van der Waals surface area contributed by atoms with Crippen LogP contribution in [-0.4, -0.2) is 47.6 Å². The van der Waals surface area contributed by atoms with Crippen LogP contribution in [0.4, 0.5) is 0 Å². The zero-order chi connectivity index (χ0) is 19.1. The lowest BCUT2D eigenvalue weighted by molar-refractivity contribution is -0.142. The topological polar surface area (TPSA) is 108 Å². The molecule has 0 bridgehead atoms. The third-order valence-corrected chi connectivity index (χ3v) is 4.52. The fourth-order valence-corrected chi connectivity index (χ4v) is 3.01. The fraction of sp³-hybridized carbons (Fsp3) is 0.526. The fourth-order valence-electron chi connectivity index (χ4n) is 3.01. The first kappa shape index (κ1) is 19.9. The van der Waals surface area contributed by atoms with Crippen molar-refractivity contribution in [2.45, 2.75) is 51.2 Å². The van der Waals surface area contributed by atoms with Gasteiger partial charge in [0, 0.05) is 6.42 Å². The summed E-state index contributed by atoms with van der Waals surface area (Å²) in [5.41, 5.74) is 0.820. The van der Waals surface area contributed by atoms with Crippen LogP contribution in [0.25, 0.3) is 0 Å². The van der Waals surface area contributed by atoms with Crippen LogP contribution in [0.3, 0.4) is 0 Å². The molecule has 2 amide bonds. The zero-order valence-electron chi connectivity index (χ0n) is 15.2. The van der Waals surface area contributed by atoms with Gasteiger partial charge in [-0.15, -0.1) is 0 Å². The number of benzene rings is 1. The monoisotopic (exact) mass is 361 g/mol. The molecule has 1 fully saturated rings. The molecule has 1 aromatic rings. The summed E-state index contributed by atoms with van der Waals surface area (Å²) in [6.45, 7) is 4.42. The van der Waals surface area contributed by atoms with E-state index < -0.39 is 24.0 Å². The minimum atomic E-state index is -1.10. The second-order valence-electron chi connectivity index (χ2n) is 6.97. The van der Waals surface area contributed by atoms with Gasteiger partial charge in [-0.1, -0.05) is 44.2 Å². The molecule has 1 aliphatic rings. The minimum absolute atomic E-state index is 0.161. The molecule has 0 aromatic heterocycles. The standard InChI is InChI=1S/C19H27N3O4/c1-12(2)16(22-17(23)14-9-6-10-20-14)18(24)21-15(19(25)26)11-13-7-4-3-5-8-13/h3-5,7-8,12,14-16,20H,6,9-11H2,1-2H3,(H,21,24)(H,22,23)(H,25,26)/t14-,15-,16-/m0/s1. The van der Waals surface area contributed by atoms with Crippen molar-refractivity contribution in [1.29, 1.82) is 0 Å². The Morgan fingerprint density at radius 3 is 2.42 bits per heavy atom. The third kappa shape index (κ3) is 5.56. The van der Waals surface area contributed by atoms with Crippen LogP contribution in [0.5, 0.6) is 0 Å². The van der Waals surface area contributed by atoms with E-state index in [1.165, 1.54) is 0 Å². The van der Waals surface area contributed by atoms with Crippen molar-refractivity contribution in [2.75, 3.05) is 6.54 Å². The molecule has 1 heterocycles. The van der Waals surface area contributed by atoms with Crippen molar-refractivity contribution >= 4 is 17.8 Å². The molecular formula is C19H27N3O4. The number of carbonyl (C=O) groups excluding carboxylic acids is 2. The first-order chi connectivity index (χ1) is 12.4. The summed E-state index contributed by atoms with van der Waals surface area (Å²) < 4.78 is 0. The SMILES string of the molecule is CC(C)[C@H](NC(=O)[C@@H]1CCCN1)C(=O)N[C@@H](Cc1ccccc1)C(=O)O. The van der Waals surface area contributed by atoms with Crippen LogP contribution in [-0.2, 0) is 20.8 Å². The molecule has 7 nitrogen and oxygen atoms in total. The van der Waals surface area contributed by atoms with Gasteiger partial charge in [0.05, 0.1) is 6.04 Å². The Balaban J connectivity index is 2.01. The van der Waals surface area contributed by atoms with E-state index >= 15 is 0 Å². The lowest BCUT2D eigenvalue weighted by Crippen LogP contribution is -2.56. The maximum Gasteiger partial charge on any atom is 0.326 e. The normalized spacial score (nSPS) is 19.0. The van der Waals surface area contributed by atoms with E-state index in [1.807, 2.05) is 44.2 Å². The molecule has 4 N–H and O–H groups in total. The number of carboxylic acids is 1. The first-order valence-corrected chi connectivity index (χ1v) is 8.99. The third-order valence-electron chi connectivity index (χ3n) is 4.52. The van der Waals surface area contributed by atoms with Crippen molar-refractivity contribution in [1.82, 2.24) is 16.0 Å². The van der Waals surface area contributed by atoms with Crippen LogP contribution in [0.2, 0.25) is 0 Å². The average Bonchev–Trinajstić information content (AvgIpc) is 3.14. The van der Waals surface area contributed by atoms with Gasteiger partial charge in [-0.3, -0.25) is 9.59 Å². The van der Waals surface area contributed by atoms with Gasteiger partial charge in [0.2, 0.25) is 11.8 Å². The molecule has 1 saturated heterocycles. The summed E-state index contributed by atoms with van der Waals surface area (Å²) in [4.78, 5) is 36.5. The predicted octanol–water partition coefficient (Wildman–Crippen LogP) is 0.691. The van der Waals surface area contributed by atoms with Gasteiger partial charge in [-0.25, -0.2) is 4.79 Å². The molecule has 1 aliphatic heterocycles. The molecule has 0 radical (unpaired) electrons. The van der Waals surface area contributed by atoms with Crippen LogP contribution >= 0.6 is 0 Å². The van der Waals surface area contributed by atoms with Gasteiger partial charge in [0.15, 0.2) is 0 Å². The van der Waals surface area contributed by atoms with Gasteiger partial charge >= 0.3 is 5.97 Å². The molecule has 142 valence electrons. The van der Waals surface area contributed by atoms with Crippen molar-refractivity contribution in [3.8, 4) is 0 Å². The van der Waals surface area contributed by atoms with Gasteiger partial charge in [-0.05, 0) is 30.9 Å². The zero-order valence-corrected chi connectivity index (χ0v) is 15.2. The van der Waals surface area contributed by atoms with Crippen molar-refractivity contribution in [3.05, 3.63) is 35.9 Å². The Morgan fingerprint density at radius 1 is 1.19 bits per heavy atom. The largest absolute Gasteiger partial charge is 0.480 e. The lowest BCUT2D eigenvalue weighted by Gasteiger charge is -2.25. The second-order valence-corrected chi connectivity index (χ2v) is 6.97. The number of nitrogens with one attached hydrogen (secondary N) is 3. The summed E-state index contributed by atoms with van der Waals surface area (Å²) in [5.74, 6) is -1.96. The highest BCUT2D eigenvalue weighted by Crippen LogP contribution is 2.09. The first-order valence-electron chi connectivity index (χ1n) is 8.99. The Bertz CT molecular complexity index is 627. The van der Waals surface area contributed by atoms with Gasteiger partial charge in [-0.2, -0.15) is 0 Å². The van der Waals surface area contributed by atoms with E-state index in [0.717, 1.165) is 24.9 Å². The molecule has 2 rings (SSSR count). The summed E-state index contributed by atoms with van der Waals surface area (Å²) in [5, 5.41) is 17.9. The predicted molar refractivity (Wildman–Crippen MR) is 97.5 cm³/mol. The highest BCUT2D eigenvalue weighted by molar-refractivity contribution is 5.92. The minimum Gasteiger partial charge on any atom is -0.480 e. The van der Waals surface area contributed by atoms with E-state index in [0.29, 0.717) is 0 Å². The Morgan fingerprint density at radius 2 is 1.88 bits per heavy atom. The van der Waals surface area contributed by atoms with Crippen molar-refractivity contribution in [3.63, 3.8) is 0 Å². The smallest absolute Gasteiger partial charge is 0.326 e. The van der Waals surface area contributed by atoms with E-state index in [-0.39, 0.29) is 24.3 Å². The van der Waals surface area contributed by atoms with Gasteiger partial charge < -0.3 is 21.1 Å². The molecule has 1 aromatic carbocycles. The van der Waals surface area contributed by atoms with Crippen LogP contribution < -0.4 is 16.0 Å². The Hall–Kier alpha value is -2.41. The lowest BCUT2D eigenvalue weighted by atomic mass is 10.0. The van der Waals surface area contributed by atoms with Crippen molar-refractivity contribution < 1.29 is 19.5 Å². The van der Waals surface area contributed by atoms with E-state index in [9.17, 15) is 19.5 Å². The van der Waals surface area contributed by atoms with E-state index in [4.69, 9.17) is 0 Å². The molecular weight excluding hydrogens is 334 g/mol. The number of hydrogen-bond acceptors (Lipinski definition) is 4. The average molecular weight is 361 g/mol. The van der Waals surface area contributed by atoms with Crippen LogP contribution in [0.15, 0.2) is 30.3 Å². The highest BCUT2D eigenvalue weighted by Gasteiger charge is 2.31. The van der Waals surface area contributed by atoms with Crippen LogP contribution in [0, 0.1) is 5.92 Å². The molecule has 0 spiro atoms. The van der Waals surface area contributed by atoms with E-state index in [2.05, 4.69) is 16.0 Å².